The fourth-order valence-electron chi connectivity index (χ4n) is 2.18. The number of anilines is 1. The predicted molar refractivity (Wildman–Crippen MR) is 76.7 cm³/mol. The Hall–Kier alpha value is -1.47. The summed E-state index contributed by atoms with van der Waals surface area (Å²) in [5.74, 6) is 0. The molecule has 0 bridgehead atoms. The molecule has 2 heterocycles. The molecule has 0 saturated carbocycles. The number of rotatable bonds is 3. The van der Waals surface area contributed by atoms with E-state index in [4.69, 9.17) is 0 Å². The molecule has 0 fully saturated rings. The summed E-state index contributed by atoms with van der Waals surface area (Å²) in [4.78, 5) is 14.4. The van der Waals surface area contributed by atoms with E-state index in [1.54, 1.807) is 5.51 Å². The molecule has 0 aliphatic heterocycles. The van der Waals surface area contributed by atoms with Gasteiger partial charge in [-0.2, -0.15) is 0 Å². The minimum absolute atomic E-state index is 0.233. The maximum absolute atomic E-state index is 11.6. The number of nitrogens with zero attached hydrogens (tertiary/aromatic N) is 2. The lowest BCUT2D eigenvalue weighted by molar-refractivity contribution is 0.252. The zero-order valence-electron chi connectivity index (χ0n) is 10.3. The van der Waals surface area contributed by atoms with Crippen LogP contribution in [0.5, 0.6) is 0 Å². The first-order valence-electron chi connectivity index (χ1n) is 6.23. The third-order valence-corrected chi connectivity index (χ3v) is 4.90. The van der Waals surface area contributed by atoms with Crippen molar-refractivity contribution in [2.45, 2.75) is 32.2 Å². The van der Waals surface area contributed by atoms with Crippen LogP contribution >= 0.6 is 22.7 Å². The molecule has 100 valence electrons. The lowest BCUT2D eigenvalue weighted by Gasteiger charge is -2.08. The smallest absolute Gasteiger partial charge is 0.321 e. The van der Waals surface area contributed by atoms with Crippen molar-refractivity contribution in [2.75, 3.05) is 5.32 Å². The van der Waals surface area contributed by atoms with Crippen molar-refractivity contribution in [2.24, 2.45) is 0 Å². The van der Waals surface area contributed by atoms with E-state index in [2.05, 4.69) is 26.9 Å². The van der Waals surface area contributed by atoms with Crippen LogP contribution in [0.3, 0.4) is 0 Å². The molecule has 19 heavy (non-hydrogen) atoms. The van der Waals surface area contributed by atoms with E-state index in [9.17, 15) is 4.79 Å². The molecule has 2 aromatic rings. The second-order valence-electron chi connectivity index (χ2n) is 4.42. The summed E-state index contributed by atoms with van der Waals surface area (Å²) in [5.41, 5.74) is 3.06. The van der Waals surface area contributed by atoms with E-state index in [1.165, 1.54) is 52.3 Å². The summed E-state index contributed by atoms with van der Waals surface area (Å²) in [5, 5.41) is 13.4. The molecule has 0 aromatic carbocycles. The van der Waals surface area contributed by atoms with Crippen LogP contribution in [-0.4, -0.2) is 16.2 Å². The third kappa shape index (κ3) is 3.10. The van der Waals surface area contributed by atoms with Crippen LogP contribution in [0.2, 0.25) is 0 Å². The minimum Gasteiger partial charge on any atom is -0.333 e. The molecule has 0 atom stereocenters. The molecule has 3 rings (SSSR count). The molecular weight excluding hydrogens is 280 g/mol. The zero-order chi connectivity index (χ0) is 13.1. The monoisotopic (exact) mass is 294 g/mol. The Bertz CT molecular complexity index is 541. The number of carbonyl (C=O) groups excluding carboxylic acids is 1. The fourth-order valence-corrected chi connectivity index (χ4v) is 3.82. The highest BCUT2D eigenvalue weighted by Gasteiger charge is 2.13. The molecule has 0 spiro atoms. The SMILES string of the molecule is O=C(NCc1cc2c(s1)CCCC2)Nc1nncs1. The molecule has 2 amide bonds. The van der Waals surface area contributed by atoms with Crippen LogP contribution in [0, 0.1) is 0 Å². The van der Waals surface area contributed by atoms with Gasteiger partial charge in [-0.1, -0.05) is 11.3 Å². The van der Waals surface area contributed by atoms with Gasteiger partial charge in [0.25, 0.3) is 0 Å². The predicted octanol–water partition coefficient (Wildman–Crippen LogP) is 2.80. The van der Waals surface area contributed by atoms with Gasteiger partial charge in [0.05, 0.1) is 6.54 Å². The number of aromatic nitrogens is 2. The third-order valence-electron chi connectivity index (χ3n) is 3.05. The molecule has 7 heteroatoms. The van der Waals surface area contributed by atoms with Gasteiger partial charge < -0.3 is 5.32 Å². The molecule has 0 unspecified atom stereocenters. The summed E-state index contributed by atoms with van der Waals surface area (Å²) in [6.45, 7) is 0.572. The Morgan fingerprint density at radius 1 is 1.37 bits per heavy atom. The van der Waals surface area contributed by atoms with Gasteiger partial charge in [0.15, 0.2) is 0 Å². The number of amides is 2. The Morgan fingerprint density at radius 2 is 2.26 bits per heavy atom. The van der Waals surface area contributed by atoms with Crippen molar-refractivity contribution in [3.8, 4) is 0 Å². The lowest BCUT2D eigenvalue weighted by atomic mass is 9.99. The molecule has 2 aromatic heterocycles. The van der Waals surface area contributed by atoms with Crippen molar-refractivity contribution in [3.05, 3.63) is 26.9 Å². The Balaban J connectivity index is 1.54. The summed E-state index contributed by atoms with van der Waals surface area (Å²) in [6, 6.07) is 1.99. The fraction of sp³-hybridized carbons (Fsp3) is 0.417. The van der Waals surface area contributed by atoms with E-state index in [0.29, 0.717) is 11.7 Å². The van der Waals surface area contributed by atoms with Gasteiger partial charge in [0.2, 0.25) is 5.13 Å². The highest BCUT2D eigenvalue weighted by atomic mass is 32.1. The zero-order valence-corrected chi connectivity index (χ0v) is 11.9. The van der Waals surface area contributed by atoms with Crippen molar-refractivity contribution in [3.63, 3.8) is 0 Å². The standard InChI is InChI=1S/C12H14N4OS2/c17-11(15-12-16-14-7-18-12)13-6-9-5-8-3-1-2-4-10(8)19-9/h5,7H,1-4,6H2,(H2,13,15,16,17). The molecule has 0 radical (unpaired) electrons. The van der Waals surface area contributed by atoms with Crippen LogP contribution < -0.4 is 10.6 Å². The van der Waals surface area contributed by atoms with Crippen molar-refractivity contribution < 1.29 is 4.79 Å². The van der Waals surface area contributed by atoms with Gasteiger partial charge in [-0.3, -0.25) is 5.32 Å². The topological polar surface area (TPSA) is 66.9 Å². The van der Waals surface area contributed by atoms with Gasteiger partial charge in [0.1, 0.15) is 5.51 Å². The van der Waals surface area contributed by atoms with Crippen LogP contribution in [-0.2, 0) is 19.4 Å². The molecule has 2 N–H and O–H groups in total. The average Bonchev–Trinajstić information content (AvgIpc) is 3.04. The minimum atomic E-state index is -0.233. The Labute approximate surface area is 119 Å². The van der Waals surface area contributed by atoms with E-state index in [1.807, 2.05) is 11.3 Å². The van der Waals surface area contributed by atoms with Crippen LogP contribution in [0.15, 0.2) is 11.6 Å². The number of thiophene rings is 1. The Morgan fingerprint density at radius 3 is 3.05 bits per heavy atom. The number of carbonyl (C=O) groups is 1. The number of urea groups is 1. The first-order chi connectivity index (χ1) is 9.31. The number of hydrogen-bond donors (Lipinski definition) is 2. The molecule has 1 aliphatic rings. The highest BCUT2D eigenvalue weighted by Crippen LogP contribution is 2.29. The molecule has 0 saturated heterocycles. The first kappa shape index (κ1) is 12.6. The maximum Gasteiger partial charge on any atom is 0.321 e. The molecular formula is C12H14N4OS2. The average molecular weight is 294 g/mol. The number of hydrogen-bond acceptors (Lipinski definition) is 5. The maximum atomic E-state index is 11.6. The number of nitrogens with one attached hydrogen (secondary N) is 2. The van der Waals surface area contributed by atoms with Gasteiger partial charge in [-0.15, -0.1) is 21.5 Å². The largest absolute Gasteiger partial charge is 0.333 e. The summed E-state index contributed by atoms with van der Waals surface area (Å²) in [7, 11) is 0. The van der Waals surface area contributed by atoms with E-state index in [0.717, 1.165) is 0 Å². The molecule has 1 aliphatic carbocycles. The van der Waals surface area contributed by atoms with Crippen molar-refractivity contribution >= 4 is 33.8 Å². The number of fused-ring (bicyclic) bond motifs is 1. The highest BCUT2D eigenvalue weighted by molar-refractivity contribution is 7.13. The second-order valence-corrected chi connectivity index (χ2v) is 6.47. The quantitative estimate of drug-likeness (QED) is 0.914. The van der Waals surface area contributed by atoms with Gasteiger partial charge >= 0.3 is 6.03 Å². The first-order valence-corrected chi connectivity index (χ1v) is 7.92. The van der Waals surface area contributed by atoms with Gasteiger partial charge in [-0.25, -0.2) is 4.79 Å². The van der Waals surface area contributed by atoms with E-state index >= 15 is 0 Å². The summed E-state index contributed by atoms with van der Waals surface area (Å²) >= 11 is 3.12. The molecule has 5 nitrogen and oxygen atoms in total. The van der Waals surface area contributed by atoms with Crippen molar-refractivity contribution in [1.82, 2.24) is 15.5 Å². The van der Waals surface area contributed by atoms with Crippen LogP contribution in [0.4, 0.5) is 9.93 Å². The summed E-state index contributed by atoms with van der Waals surface area (Å²) < 4.78 is 0. The lowest BCUT2D eigenvalue weighted by Crippen LogP contribution is -2.27. The number of aryl methyl sites for hydroxylation is 2. The second kappa shape index (κ2) is 5.66. The van der Waals surface area contributed by atoms with Crippen molar-refractivity contribution in [1.29, 1.82) is 0 Å². The van der Waals surface area contributed by atoms with Crippen LogP contribution in [0.25, 0.3) is 0 Å². The summed E-state index contributed by atoms with van der Waals surface area (Å²) in [6.07, 6.45) is 4.95. The Kier molecular flexibility index (Phi) is 3.74. The van der Waals surface area contributed by atoms with Gasteiger partial charge in [0, 0.05) is 9.75 Å². The normalized spacial score (nSPS) is 13.9. The van der Waals surface area contributed by atoms with E-state index < -0.39 is 0 Å². The van der Waals surface area contributed by atoms with Crippen LogP contribution in [0.1, 0.15) is 28.2 Å². The van der Waals surface area contributed by atoms with Gasteiger partial charge in [-0.05, 0) is 37.3 Å². The van der Waals surface area contributed by atoms with E-state index in [-0.39, 0.29) is 6.03 Å².